The molecule has 31 heavy (non-hydrogen) atoms. The molecule has 2 aromatic rings. The van der Waals surface area contributed by atoms with Gasteiger partial charge in [-0.05, 0) is 37.7 Å². The third kappa shape index (κ3) is 3.95. The van der Waals surface area contributed by atoms with Gasteiger partial charge in [0.15, 0.2) is 5.56 Å². The maximum Gasteiger partial charge on any atom is 0.270 e. The molecule has 0 bridgehead atoms. The van der Waals surface area contributed by atoms with Crippen molar-refractivity contribution < 1.29 is 19.4 Å². The van der Waals surface area contributed by atoms with Crippen molar-refractivity contribution >= 4 is 23.5 Å². The van der Waals surface area contributed by atoms with Crippen LogP contribution < -0.4 is 10.9 Å². The first-order valence-electron chi connectivity index (χ1n) is 10.7. The van der Waals surface area contributed by atoms with Crippen molar-refractivity contribution in [3.05, 3.63) is 33.8 Å². The molecule has 2 aromatic heterocycles. The molecule has 2 N–H and O–H groups in total. The number of fused-ring (bicyclic) bond motifs is 1. The number of hydrogen-bond donors (Lipinski definition) is 2. The van der Waals surface area contributed by atoms with Crippen LogP contribution in [0.25, 0.3) is 11.7 Å². The molecule has 3 aliphatic rings. The number of nitrogens with one attached hydrogen (secondary N) is 1. The van der Waals surface area contributed by atoms with E-state index >= 15 is 0 Å². The Balaban J connectivity index is 1.54. The topological polar surface area (TPSA) is 118 Å². The summed E-state index contributed by atoms with van der Waals surface area (Å²) in [6.45, 7) is 2.53. The number of nitrogens with zero attached hydrogens (tertiary/aromatic N) is 4. The van der Waals surface area contributed by atoms with E-state index in [1.807, 2.05) is 0 Å². The predicted octanol–water partition coefficient (Wildman–Crippen LogP) is 0.376. The summed E-state index contributed by atoms with van der Waals surface area (Å²) in [6.07, 6.45) is 8.31. The first-order chi connectivity index (χ1) is 15.0. The van der Waals surface area contributed by atoms with Gasteiger partial charge in [0.1, 0.15) is 5.65 Å². The van der Waals surface area contributed by atoms with Gasteiger partial charge in [0, 0.05) is 37.3 Å². The lowest BCUT2D eigenvalue weighted by atomic mass is 10.2. The van der Waals surface area contributed by atoms with Crippen LogP contribution in [-0.4, -0.2) is 68.3 Å². The van der Waals surface area contributed by atoms with Crippen LogP contribution in [0.2, 0.25) is 0 Å². The average molecular weight is 427 g/mol. The van der Waals surface area contributed by atoms with E-state index in [9.17, 15) is 19.5 Å². The van der Waals surface area contributed by atoms with Gasteiger partial charge in [-0.25, -0.2) is 0 Å². The van der Waals surface area contributed by atoms with Gasteiger partial charge in [-0.15, -0.1) is 0 Å². The van der Waals surface area contributed by atoms with Crippen molar-refractivity contribution in [2.75, 3.05) is 26.3 Å². The Morgan fingerprint density at radius 3 is 2.65 bits per heavy atom. The number of morpholine rings is 1. The minimum absolute atomic E-state index is 0.0567. The predicted molar refractivity (Wildman–Crippen MR) is 111 cm³/mol. The fourth-order valence-electron chi connectivity index (χ4n) is 3.79. The Labute approximate surface area is 178 Å². The first-order valence-corrected chi connectivity index (χ1v) is 10.7. The lowest BCUT2D eigenvalue weighted by Crippen LogP contribution is -2.39. The molecule has 0 aromatic carbocycles. The quantitative estimate of drug-likeness (QED) is 0.644. The van der Waals surface area contributed by atoms with Crippen LogP contribution in [0, 0.1) is 5.92 Å². The van der Waals surface area contributed by atoms with Crippen molar-refractivity contribution in [1.82, 2.24) is 24.4 Å². The number of hydrogen-bond acceptors (Lipinski definition) is 6. The van der Waals surface area contributed by atoms with Crippen LogP contribution in [0.5, 0.6) is 5.88 Å². The first kappa shape index (κ1) is 19.8. The third-order valence-electron chi connectivity index (χ3n) is 5.92. The molecule has 2 amide bonds. The zero-order valence-corrected chi connectivity index (χ0v) is 17.1. The molecule has 3 fully saturated rings. The van der Waals surface area contributed by atoms with Gasteiger partial charge >= 0.3 is 0 Å². The van der Waals surface area contributed by atoms with E-state index in [4.69, 9.17) is 4.74 Å². The van der Waals surface area contributed by atoms with Crippen LogP contribution in [0.3, 0.4) is 0 Å². The summed E-state index contributed by atoms with van der Waals surface area (Å²) in [5.41, 5.74) is 0.0833. The van der Waals surface area contributed by atoms with Gasteiger partial charge in [-0.1, -0.05) is 0 Å². The fraction of sp³-hybridized carbons (Fsp3) is 0.524. The van der Waals surface area contributed by atoms with E-state index in [-0.39, 0.29) is 17.5 Å². The van der Waals surface area contributed by atoms with Gasteiger partial charge in [-0.2, -0.15) is 9.61 Å². The number of ether oxygens (including phenoxy) is 1. The smallest absolute Gasteiger partial charge is 0.270 e. The number of aromatic hydroxyl groups is 1. The van der Waals surface area contributed by atoms with E-state index in [0.717, 1.165) is 25.7 Å². The van der Waals surface area contributed by atoms with Crippen molar-refractivity contribution in [1.29, 1.82) is 0 Å². The van der Waals surface area contributed by atoms with Crippen molar-refractivity contribution in [2.45, 2.75) is 38.3 Å². The minimum Gasteiger partial charge on any atom is -0.492 e. The SMILES string of the molecule is O=C(NC1CC1)c1c(O)n2ncc(C=CC(=O)N3CCOCC3)c2n(CC2CC2)c1=O. The molecule has 2 aliphatic carbocycles. The second-order valence-corrected chi connectivity index (χ2v) is 8.41. The number of rotatable bonds is 6. The maximum atomic E-state index is 13.2. The van der Waals surface area contributed by atoms with Crippen molar-refractivity contribution in [3.8, 4) is 5.88 Å². The molecular formula is C21H25N5O5. The summed E-state index contributed by atoms with van der Waals surface area (Å²) in [5.74, 6) is -0.855. The Kier molecular flexibility index (Phi) is 5.01. The Morgan fingerprint density at radius 2 is 1.97 bits per heavy atom. The third-order valence-corrected chi connectivity index (χ3v) is 5.92. The summed E-state index contributed by atoms with van der Waals surface area (Å²) in [7, 11) is 0. The molecule has 164 valence electrons. The Bertz CT molecular complexity index is 1120. The van der Waals surface area contributed by atoms with Gasteiger partial charge in [-0.3, -0.25) is 19.0 Å². The molecule has 0 unspecified atom stereocenters. The van der Waals surface area contributed by atoms with E-state index in [1.54, 1.807) is 11.0 Å². The molecule has 0 atom stereocenters. The fourth-order valence-corrected chi connectivity index (χ4v) is 3.79. The molecule has 3 heterocycles. The zero-order valence-electron chi connectivity index (χ0n) is 17.1. The van der Waals surface area contributed by atoms with Gasteiger partial charge in [0.25, 0.3) is 11.5 Å². The molecule has 2 saturated carbocycles. The summed E-state index contributed by atoms with van der Waals surface area (Å²) in [5, 5.41) is 17.7. The number of carbonyl (C=O) groups is 2. The summed E-state index contributed by atoms with van der Waals surface area (Å²) < 4.78 is 7.99. The highest BCUT2D eigenvalue weighted by molar-refractivity contribution is 5.97. The van der Waals surface area contributed by atoms with Crippen LogP contribution in [-0.2, 0) is 16.1 Å². The Hall–Kier alpha value is -3.14. The molecule has 1 saturated heterocycles. The van der Waals surface area contributed by atoms with Crippen molar-refractivity contribution in [2.24, 2.45) is 5.92 Å². The number of carbonyl (C=O) groups excluding carboxylic acids is 2. The van der Waals surface area contributed by atoms with Crippen LogP contribution >= 0.6 is 0 Å². The summed E-state index contributed by atoms with van der Waals surface area (Å²) in [4.78, 5) is 40.0. The lowest BCUT2D eigenvalue weighted by Gasteiger charge is -2.25. The number of amides is 2. The summed E-state index contributed by atoms with van der Waals surface area (Å²) >= 11 is 0. The highest BCUT2D eigenvalue weighted by Gasteiger charge is 2.31. The lowest BCUT2D eigenvalue weighted by molar-refractivity contribution is -0.129. The van der Waals surface area contributed by atoms with E-state index in [2.05, 4.69) is 10.4 Å². The van der Waals surface area contributed by atoms with Crippen molar-refractivity contribution in [3.63, 3.8) is 0 Å². The van der Waals surface area contributed by atoms with Crippen LogP contribution in [0.1, 0.15) is 41.6 Å². The highest BCUT2D eigenvalue weighted by atomic mass is 16.5. The molecule has 10 heteroatoms. The molecule has 0 spiro atoms. The largest absolute Gasteiger partial charge is 0.492 e. The van der Waals surface area contributed by atoms with E-state index < -0.39 is 17.3 Å². The maximum absolute atomic E-state index is 13.2. The molecule has 10 nitrogen and oxygen atoms in total. The highest BCUT2D eigenvalue weighted by Crippen LogP contribution is 2.32. The average Bonchev–Trinajstić information content (AvgIpc) is 3.70. The van der Waals surface area contributed by atoms with Gasteiger partial charge in [0.05, 0.1) is 19.4 Å². The Morgan fingerprint density at radius 1 is 1.23 bits per heavy atom. The number of aromatic nitrogens is 3. The molecule has 1 aliphatic heterocycles. The van der Waals surface area contributed by atoms with Gasteiger partial charge in [0.2, 0.25) is 11.8 Å². The standard InChI is InChI=1S/C21H25N5O5/c27-16(24-7-9-31-10-8-24)6-3-14-11-22-26-19(14)25(12-13-1-2-13)20(29)17(21(26)30)18(28)23-15-4-5-15/h3,6,11,13,15,30H,1-2,4-5,7-10,12H2,(H,23,28). The second kappa shape index (κ2) is 7.84. The monoisotopic (exact) mass is 427 g/mol. The van der Waals surface area contributed by atoms with Crippen LogP contribution in [0.15, 0.2) is 17.1 Å². The zero-order chi connectivity index (χ0) is 21.5. The minimum atomic E-state index is -0.577. The van der Waals surface area contributed by atoms with Crippen LogP contribution in [0.4, 0.5) is 0 Å². The summed E-state index contributed by atoms with van der Waals surface area (Å²) in [6, 6.07) is 0.0567. The van der Waals surface area contributed by atoms with E-state index in [1.165, 1.54) is 21.4 Å². The second-order valence-electron chi connectivity index (χ2n) is 8.41. The molecule has 5 rings (SSSR count). The van der Waals surface area contributed by atoms with E-state index in [0.29, 0.717) is 50.0 Å². The molecular weight excluding hydrogens is 402 g/mol. The molecule has 0 radical (unpaired) electrons. The van der Waals surface area contributed by atoms with Gasteiger partial charge < -0.3 is 20.1 Å². The normalized spacial score (nSPS) is 19.3.